The molecule has 0 aliphatic carbocycles. The molecule has 3 rings (SSSR count). The van der Waals surface area contributed by atoms with E-state index in [1.807, 2.05) is 17.2 Å². The molecular formula is C17H25N5O3S. The average Bonchev–Trinajstić information content (AvgIpc) is 3.24. The van der Waals surface area contributed by atoms with Crippen LogP contribution < -0.4 is 15.5 Å². The number of aromatic nitrogens is 1. The van der Waals surface area contributed by atoms with Gasteiger partial charge in [-0.25, -0.2) is 9.78 Å². The largest absolute Gasteiger partial charge is 0.352 e. The number of hydrogen-bond acceptors (Lipinski definition) is 5. The summed E-state index contributed by atoms with van der Waals surface area (Å²) in [6.07, 6.45) is 3.36. The second-order valence-corrected chi connectivity index (χ2v) is 7.51. The van der Waals surface area contributed by atoms with Crippen molar-refractivity contribution in [1.82, 2.24) is 20.5 Å². The van der Waals surface area contributed by atoms with Crippen LogP contribution >= 0.6 is 11.3 Å². The lowest BCUT2D eigenvalue weighted by atomic mass is 10.0. The van der Waals surface area contributed by atoms with E-state index in [9.17, 15) is 14.4 Å². The van der Waals surface area contributed by atoms with E-state index in [2.05, 4.69) is 15.6 Å². The number of anilines is 1. The highest BCUT2D eigenvalue weighted by atomic mass is 32.1. The van der Waals surface area contributed by atoms with Crippen LogP contribution in [0.5, 0.6) is 0 Å². The van der Waals surface area contributed by atoms with Crippen molar-refractivity contribution in [2.24, 2.45) is 0 Å². The normalized spacial score (nSPS) is 20.2. The fourth-order valence-corrected chi connectivity index (χ4v) is 4.12. The summed E-state index contributed by atoms with van der Waals surface area (Å²) >= 11 is 1.38. The first kappa shape index (κ1) is 18.6. The predicted octanol–water partition coefficient (Wildman–Crippen LogP) is 1.12. The van der Waals surface area contributed by atoms with Crippen molar-refractivity contribution in [1.29, 1.82) is 0 Å². The van der Waals surface area contributed by atoms with Crippen LogP contribution in [0.1, 0.15) is 38.3 Å². The van der Waals surface area contributed by atoms with Crippen molar-refractivity contribution in [3.63, 3.8) is 0 Å². The number of hydrogen-bond donors (Lipinski definition) is 2. The van der Waals surface area contributed by atoms with Gasteiger partial charge in [-0.1, -0.05) is 6.92 Å². The topological polar surface area (TPSA) is 94.6 Å². The van der Waals surface area contributed by atoms with Gasteiger partial charge < -0.3 is 15.5 Å². The van der Waals surface area contributed by atoms with E-state index >= 15 is 0 Å². The summed E-state index contributed by atoms with van der Waals surface area (Å²) in [5.74, 6) is 0.0713. The number of likely N-dealkylation sites (tertiary alicyclic amines) is 1. The lowest BCUT2D eigenvalue weighted by Crippen LogP contribution is -2.50. The van der Waals surface area contributed by atoms with Gasteiger partial charge in [0.05, 0.1) is 12.1 Å². The number of nitrogens with one attached hydrogen (secondary N) is 2. The van der Waals surface area contributed by atoms with Gasteiger partial charge in [-0.3, -0.25) is 14.5 Å². The summed E-state index contributed by atoms with van der Waals surface area (Å²) in [5.41, 5.74) is 0.687. The molecule has 2 fully saturated rings. The standard InChI is InChI=1S/C17H25N5O3S/c1-2-4-14(23)19-12-5-3-7-21(10-12)15(24)9-13-11-26-17(20-13)22-8-6-18-16(22)25/h11-12H,2-10H2,1H3,(H,18,25)(H,19,23). The highest BCUT2D eigenvalue weighted by Crippen LogP contribution is 2.23. The van der Waals surface area contributed by atoms with Gasteiger partial charge >= 0.3 is 6.03 Å². The third kappa shape index (κ3) is 4.51. The Morgan fingerprint density at radius 3 is 3.00 bits per heavy atom. The van der Waals surface area contributed by atoms with Crippen LogP contribution in [0.2, 0.25) is 0 Å². The smallest absolute Gasteiger partial charge is 0.323 e. The summed E-state index contributed by atoms with van der Waals surface area (Å²) in [6, 6.07) is -0.107. The maximum Gasteiger partial charge on any atom is 0.323 e. The Kier molecular flexibility index (Phi) is 6.08. The molecule has 1 unspecified atom stereocenters. The van der Waals surface area contributed by atoms with Crippen LogP contribution in [0, 0.1) is 0 Å². The molecule has 1 atom stereocenters. The van der Waals surface area contributed by atoms with Crippen molar-refractivity contribution in [3.8, 4) is 0 Å². The molecule has 2 saturated heterocycles. The lowest BCUT2D eigenvalue weighted by molar-refractivity contribution is -0.133. The summed E-state index contributed by atoms with van der Waals surface area (Å²) in [5, 5.41) is 8.23. The van der Waals surface area contributed by atoms with E-state index in [4.69, 9.17) is 0 Å². The van der Waals surface area contributed by atoms with Gasteiger partial charge in [-0.2, -0.15) is 0 Å². The van der Waals surface area contributed by atoms with Crippen molar-refractivity contribution < 1.29 is 14.4 Å². The maximum atomic E-state index is 12.6. The lowest BCUT2D eigenvalue weighted by Gasteiger charge is -2.33. The molecule has 1 aromatic rings. The van der Waals surface area contributed by atoms with Gasteiger partial charge in [0.1, 0.15) is 0 Å². The third-order valence-corrected chi connectivity index (χ3v) is 5.49. The highest BCUT2D eigenvalue weighted by molar-refractivity contribution is 7.14. The zero-order valence-electron chi connectivity index (χ0n) is 15.0. The first-order valence-electron chi connectivity index (χ1n) is 9.13. The molecular weight excluding hydrogens is 354 g/mol. The number of amides is 4. The van der Waals surface area contributed by atoms with E-state index in [1.54, 1.807) is 4.90 Å². The molecule has 26 heavy (non-hydrogen) atoms. The summed E-state index contributed by atoms with van der Waals surface area (Å²) in [4.78, 5) is 43.9. The Hall–Kier alpha value is -2.16. The molecule has 2 N–H and O–H groups in total. The summed E-state index contributed by atoms with van der Waals surface area (Å²) in [6.45, 7) is 4.46. The Labute approximate surface area is 156 Å². The molecule has 8 nitrogen and oxygen atoms in total. The predicted molar refractivity (Wildman–Crippen MR) is 99.2 cm³/mol. The number of carbonyl (C=O) groups is 3. The zero-order chi connectivity index (χ0) is 18.5. The summed E-state index contributed by atoms with van der Waals surface area (Å²) in [7, 11) is 0. The van der Waals surface area contributed by atoms with Crippen LogP contribution in [-0.4, -0.2) is 60.0 Å². The van der Waals surface area contributed by atoms with E-state index in [0.29, 0.717) is 43.4 Å². The minimum absolute atomic E-state index is 0.0159. The van der Waals surface area contributed by atoms with E-state index in [-0.39, 0.29) is 30.3 Å². The molecule has 0 radical (unpaired) electrons. The first-order valence-corrected chi connectivity index (χ1v) is 10.0. The number of thiazole rings is 1. The Bertz CT molecular complexity index is 677. The number of rotatable bonds is 6. The third-order valence-electron chi connectivity index (χ3n) is 4.58. The molecule has 4 amide bonds. The average molecular weight is 379 g/mol. The Morgan fingerprint density at radius 1 is 1.42 bits per heavy atom. The zero-order valence-corrected chi connectivity index (χ0v) is 15.8. The molecule has 2 aliphatic heterocycles. The monoisotopic (exact) mass is 379 g/mol. The van der Waals surface area contributed by atoms with Crippen LogP contribution in [0.3, 0.4) is 0 Å². The maximum absolute atomic E-state index is 12.6. The molecule has 0 spiro atoms. The highest BCUT2D eigenvalue weighted by Gasteiger charge is 2.27. The molecule has 0 saturated carbocycles. The van der Waals surface area contributed by atoms with Gasteiger partial charge in [0.15, 0.2) is 5.13 Å². The number of nitrogens with zero attached hydrogens (tertiary/aromatic N) is 3. The fourth-order valence-electron chi connectivity index (χ4n) is 3.27. The number of piperidine rings is 1. The number of carbonyl (C=O) groups excluding carboxylic acids is 3. The molecule has 1 aromatic heterocycles. The quantitative estimate of drug-likeness (QED) is 0.774. The summed E-state index contributed by atoms with van der Waals surface area (Å²) < 4.78 is 0. The SMILES string of the molecule is CCCC(=O)NC1CCCN(C(=O)Cc2csc(N3CCNC3=O)n2)C1. The first-order chi connectivity index (χ1) is 12.6. The van der Waals surface area contributed by atoms with Gasteiger partial charge in [0.2, 0.25) is 11.8 Å². The molecule has 9 heteroatoms. The van der Waals surface area contributed by atoms with Crippen LogP contribution in [-0.2, 0) is 16.0 Å². The van der Waals surface area contributed by atoms with Crippen LogP contribution in [0.4, 0.5) is 9.93 Å². The fraction of sp³-hybridized carbons (Fsp3) is 0.647. The molecule has 0 aromatic carbocycles. The Balaban J connectivity index is 1.53. The van der Waals surface area contributed by atoms with Crippen molar-refractivity contribution in [2.45, 2.75) is 45.1 Å². The van der Waals surface area contributed by atoms with Crippen LogP contribution in [0.15, 0.2) is 5.38 Å². The van der Waals surface area contributed by atoms with E-state index < -0.39 is 0 Å². The second-order valence-electron chi connectivity index (χ2n) is 6.68. The molecule has 3 heterocycles. The Morgan fingerprint density at radius 2 is 2.27 bits per heavy atom. The van der Waals surface area contributed by atoms with Crippen molar-refractivity contribution in [2.75, 3.05) is 31.1 Å². The van der Waals surface area contributed by atoms with Crippen molar-refractivity contribution in [3.05, 3.63) is 11.1 Å². The van der Waals surface area contributed by atoms with Crippen molar-refractivity contribution >= 4 is 34.3 Å². The van der Waals surface area contributed by atoms with E-state index in [1.165, 1.54) is 11.3 Å². The van der Waals surface area contributed by atoms with Crippen LogP contribution in [0.25, 0.3) is 0 Å². The molecule has 2 aliphatic rings. The van der Waals surface area contributed by atoms with Gasteiger partial charge in [-0.15, -0.1) is 11.3 Å². The molecule has 0 bridgehead atoms. The minimum atomic E-state index is -0.140. The van der Waals surface area contributed by atoms with Gasteiger partial charge in [0.25, 0.3) is 0 Å². The minimum Gasteiger partial charge on any atom is -0.352 e. The second kappa shape index (κ2) is 8.48. The van der Waals surface area contributed by atoms with Gasteiger partial charge in [-0.05, 0) is 19.3 Å². The molecule has 142 valence electrons. The number of urea groups is 1. The van der Waals surface area contributed by atoms with Gasteiger partial charge in [0, 0.05) is 44.0 Å². The van der Waals surface area contributed by atoms with E-state index in [0.717, 1.165) is 19.3 Å².